The maximum Gasteiger partial charge on any atom is 0.287 e. The summed E-state index contributed by atoms with van der Waals surface area (Å²) in [6.07, 6.45) is 0. The first kappa shape index (κ1) is 18.3. The second-order valence-corrected chi connectivity index (χ2v) is 7.10. The summed E-state index contributed by atoms with van der Waals surface area (Å²) < 4.78 is 11.1. The number of furan rings is 1. The molecule has 0 bridgehead atoms. The Kier molecular flexibility index (Phi) is 4.65. The molecule has 2 aromatic carbocycles. The summed E-state index contributed by atoms with van der Waals surface area (Å²) in [6.45, 7) is 5.95. The van der Waals surface area contributed by atoms with Crippen LogP contribution in [0.25, 0.3) is 22.4 Å². The molecule has 0 unspecified atom stereocenters. The average molecular weight is 396 g/mol. The van der Waals surface area contributed by atoms with E-state index in [1.54, 1.807) is 12.1 Å². The summed E-state index contributed by atoms with van der Waals surface area (Å²) in [6, 6.07) is 11.2. The second kappa shape index (κ2) is 7.13. The predicted octanol–water partition coefficient (Wildman–Crippen LogP) is 4.99. The van der Waals surface area contributed by atoms with Crippen molar-refractivity contribution in [2.24, 2.45) is 0 Å². The van der Waals surface area contributed by atoms with Gasteiger partial charge in [-0.1, -0.05) is 41.0 Å². The lowest BCUT2D eigenvalue weighted by atomic mass is 10.0. The molecule has 2 aromatic heterocycles. The minimum absolute atomic E-state index is 0.0981. The van der Waals surface area contributed by atoms with Crippen molar-refractivity contribution in [2.75, 3.05) is 0 Å². The number of carbonyl (C=O) groups is 1. The fourth-order valence-corrected chi connectivity index (χ4v) is 3.39. The van der Waals surface area contributed by atoms with E-state index in [4.69, 9.17) is 20.5 Å². The van der Waals surface area contributed by atoms with Crippen molar-refractivity contribution in [2.45, 2.75) is 27.3 Å². The van der Waals surface area contributed by atoms with Gasteiger partial charge in [-0.25, -0.2) is 0 Å². The molecule has 4 aromatic rings. The highest BCUT2D eigenvalue weighted by atomic mass is 35.5. The predicted molar refractivity (Wildman–Crippen MR) is 106 cm³/mol. The Morgan fingerprint density at radius 1 is 1.14 bits per heavy atom. The third-order valence-corrected chi connectivity index (χ3v) is 4.88. The van der Waals surface area contributed by atoms with Crippen molar-refractivity contribution >= 4 is 28.5 Å². The quantitative estimate of drug-likeness (QED) is 0.526. The summed E-state index contributed by atoms with van der Waals surface area (Å²) >= 11 is 5.99. The van der Waals surface area contributed by atoms with E-state index >= 15 is 0 Å². The van der Waals surface area contributed by atoms with Crippen LogP contribution in [0.4, 0.5) is 0 Å². The van der Waals surface area contributed by atoms with Gasteiger partial charge in [-0.3, -0.25) is 4.79 Å². The first-order valence-electron chi connectivity index (χ1n) is 8.80. The van der Waals surface area contributed by atoms with Crippen LogP contribution < -0.4 is 5.32 Å². The molecule has 0 aliphatic carbocycles. The lowest BCUT2D eigenvalue weighted by Crippen LogP contribution is -2.23. The van der Waals surface area contributed by atoms with Crippen molar-refractivity contribution in [1.29, 1.82) is 0 Å². The first-order chi connectivity index (χ1) is 13.4. The van der Waals surface area contributed by atoms with Gasteiger partial charge in [0.1, 0.15) is 5.58 Å². The van der Waals surface area contributed by atoms with Gasteiger partial charge in [-0.15, -0.1) is 0 Å². The number of fused-ring (bicyclic) bond motifs is 1. The van der Waals surface area contributed by atoms with Gasteiger partial charge in [0.2, 0.25) is 11.7 Å². The highest BCUT2D eigenvalue weighted by Crippen LogP contribution is 2.30. The molecule has 0 aliphatic heterocycles. The Morgan fingerprint density at radius 2 is 1.93 bits per heavy atom. The summed E-state index contributed by atoms with van der Waals surface area (Å²) in [5.74, 6) is 0.680. The number of nitrogens with zero attached hydrogens (tertiary/aromatic N) is 2. The molecule has 1 amide bonds. The Morgan fingerprint density at radius 3 is 2.68 bits per heavy atom. The summed E-state index contributed by atoms with van der Waals surface area (Å²) in [5.41, 5.74) is 4.37. The first-order valence-corrected chi connectivity index (χ1v) is 9.18. The largest absolute Gasteiger partial charge is 0.450 e. The molecule has 28 heavy (non-hydrogen) atoms. The van der Waals surface area contributed by atoms with Gasteiger partial charge in [-0.2, -0.15) is 4.98 Å². The minimum Gasteiger partial charge on any atom is -0.450 e. The van der Waals surface area contributed by atoms with E-state index in [0.29, 0.717) is 22.5 Å². The van der Waals surface area contributed by atoms with Crippen LogP contribution >= 0.6 is 11.6 Å². The molecule has 1 N–H and O–H groups in total. The molecule has 0 saturated carbocycles. The molecular formula is C21H18ClN3O3. The topological polar surface area (TPSA) is 81.2 Å². The fourth-order valence-electron chi connectivity index (χ4n) is 3.20. The highest BCUT2D eigenvalue weighted by Gasteiger charge is 2.20. The summed E-state index contributed by atoms with van der Waals surface area (Å²) in [7, 11) is 0. The molecule has 6 nitrogen and oxygen atoms in total. The molecule has 0 fully saturated rings. The van der Waals surface area contributed by atoms with E-state index in [-0.39, 0.29) is 12.5 Å². The molecule has 0 spiro atoms. The number of benzene rings is 2. The van der Waals surface area contributed by atoms with Gasteiger partial charge in [0.15, 0.2) is 5.76 Å². The standard InChI is InChI=1S/C21H18ClN3O3/c1-11-7-8-12(2)18-17(11)13(3)19(27-18)21(26)23-10-16-24-20(25-28-16)14-5-4-6-15(22)9-14/h4-9H,10H2,1-3H3,(H,23,26). The Balaban J connectivity index is 1.53. The maximum atomic E-state index is 12.6. The van der Waals surface area contributed by atoms with Crippen molar-refractivity contribution in [1.82, 2.24) is 15.5 Å². The number of aromatic nitrogens is 2. The molecule has 142 valence electrons. The van der Waals surface area contributed by atoms with Crippen LogP contribution in [0.2, 0.25) is 5.02 Å². The Labute approximate surface area is 166 Å². The molecular weight excluding hydrogens is 378 g/mol. The third-order valence-electron chi connectivity index (χ3n) is 4.64. The number of hydrogen-bond acceptors (Lipinski definition) is 5. The van der Waals surface area contributed by atoms with Gasteiger partial charge < -0.3 is 14.3 Å². The average Bonchev–Trinajstić information content (AvgIpc) is 3.28. The molecule has 0 aliphatic rings. The van der Waals surface area contributed by atoms with Crippen LogP contribution in [0, 0.1) is 20.8 Å². The maximum absolute atomic E-state index is 12.6. The summed E-state index contributed by atoms with van der Waals surface area (Å²) in [5, 5.41) is 8.28. The number of halogens is 1. The number of hydrogen-bond donors (Lipinski definition) is 1. The van der Waals surface area contributed by atoms with Crippen LogP contribution in [0.1, 0.15) is 33.1 Å². The number of amides is 1. The van der Waals surface area contributed by atoms with Gasteiger partial charge >= 0.3 is 0 Å². The van der Waals surface area contributed by atoms with Crippen LogP contribution in [0.5, 0.6) is 0 Å². The van der Waals surface area contributed by atoms with Crippen LogP contribution in [-0.2, 0) is 6.54 Å². The third kappa shape index (κ3) is 3.27. The zero-order chi connectivity index (χ0) is 19.8. The number of nitrogens with one attached hydrogen (secondary N) is 1. The highest BCUT2D eigenvalue weighted by molar-refractivity contribution is 6.30. The van der Waals surface area contributed by atoms with Gasteiger partial charge in [-0.05, 0) is 44.0 Å². The van der Waals surface area contributed by atoms with Gasteiger partial charge in [0.25, 0.3) is 5.91 Å². The summed E-state index contributed by atoms with van der Waals surface area (Å²) in [4.78, 5) is 16.9. The molecule has 7 heteroatoms. The van der Waals surface area contributed by atoms with Crippen LogP contribution in [0.15, 0.2) is 45.3 Å². The number of carbonyl (C=O) groups excluding carboxylic acids is 1. The van der Waals surface area contributed by atoms with Crippen LogP contribution in [0.3, 0.4) is 0 Å². The number of rotatable bonds is 4. The van der Waals surface area contributed by atoms with E-state index < -0.39 is 0 Å². The fraction of sp³-hybridized carbons (Fsp3) is 0.190. The van der Waals surface area contributed by atoms with E-state index in [1.165, 1.54) is 0 Å². The molecule has 4 rings (SSSR count). The van der Waals surface area contributed by atoms with Crippen molar-refractivity contribution in [3.8, 4) is 11.4 Å². The molecule has 0 saturated heterocycles. The zero-order valence-corrected chi connectivity index (χ0v) is 16.4. The lowest BCUT2D eigenvalue weighted by molar-refractivity contribution is 0.0920. The SMILES string of the molecule is Cc1ccc(C)c2c(C)c(C(=O)NCc3nc(-c4cccc(Cl)c4)no3)oc12. The normalized spacial score (nSPS) is 11.1. The lowest BCUT2D eigenvalue weighted by Gasteiger charge is -2.00. The van der Waals surface area contributed by atoms with Crippen LogP contribution in [-0.4, -0.2) is 16.0 Å². The minimum atomic E-state index is -0.324. The van der Waals surface area contributed by atoms with Crippen molar-refractivity contribution < 1.29 is 13.7 Å². The van der Waals surface area contributed by atoms with E-state index in [1.807, 2.05) is 45.0 Å². The van der Waals surface area contributed by atoms with Gasteiger partial charge in [0.05, 0.1) is 6.54 Å². The van der Waals surface area contributed by atoms with E-state index in [0.717, 1.165) is 33.2 Å². The van der Waals surface area contributed by atoms with Crippen molar-refractivity contribution in [3.05, 3.63) is 69.8 Å². The Hall–Kier alpha value is -3.12. The molecule has 0 radical (unpaired) electrons. The van der Waals surface area contributed by atoms with Gasteiger partial charge in [0, 0.05) is 21.5 Å². The monoisotopic (exact) mass is 395 g/mol. The smallest absolute Gasteiger partial charge is 0.287 e. The van der Waals surface area contributed by atoms with Crippen molar-refractivity contribution in [3.63, 3.8) is 0 Å². The molecule has 0 atom stereocenters. The van der Waals surface area contributed by atoms with E-state index in [9.17, 15) is 4.79 Å². The zero-order valence-electron chi connectivity index (χ0n) is 15.7. The van der Waals surface area contributed by atoms with E-state index in [2.05, 4.69) is 15.5 Å². The Bertz CT molecular complexity index is 1190. The second-order valence-electron chi connectivity index (χ2n) is 6.66. The number of aryl methyl sites for hydroxylation is 3. The molecule has 2 heterocycles.